The molecule has 0 aromatic rings. The first-order valence-electron chi connectivity index (χ1n) is 12.3. The van der Waals surface area contributed by atoms with Crippen LogP contribution in [0.3, 0.4) is 0 Å². The molecule has 6 heteroatoms. The standard InChI is InChI=1S/C24H45N3O3/c1-4-5-6-7-8-9-10-11-12-13-14-15-16-17-22(28)26-21-18-19(2)27(24(21)30)20(3)23(25)29/h19-21H,4-18H2,1-3H3,(H2,25,29)(H,26,28)/t19?,20-,21-/m0/s1. The zero-order valence-corrected chi connectivity index (χ0v) is 19.6. The minimum atomic E-state index is -0.643. The number of rotatable bonds is 17. The molecule has 0 radical (unpaired) electrons. The molecule has 30 heavy (non-hydrogen) atoms. The molecule has 174 valence electrons. The number of primary amides is 1. The summed E-state index contributed by atoms with van der Waals surface area (Å²) in [7, 11) is 0. The summed E-state index contributed by atoms with van der Waals surface area (Å²) in [6.45, 7) is 5.77. The minimum absolute atomic E-state index is 0.0720. The van der Waals surface area contributed by atoms with Crippen molar-refractivity contribution in [2.45, 2.75) is 135 Å². The Morgan fingerprint density at radius 2 is 1.43 bits per heavy atom. The lowest BCUT2D eigenvalue weighted by Crippen LogP contribution is -2.49. The van der Waals surface area contributed by atoms with Crippen LogP contribution in [0, 0.1) is 0 Å². The molecule has 3 atom stereocenters. The van der Waals surface area contributed by atoms with Crippen molar-refractivity contribution in [1.29, 1.82) is 0 Å². The van der Waals surface area contributed by atoms with E-state index >= 15 is 0 Å². The van der Waals surface area contributed by atoms with Gasteiger partial charge in [-0.3, -0.25) is 14.4 Å². The van der Waals surface area contributed by atoms with Crippen molar-refractivity contribution in [2.75, 3.05) is 0 Å². The molecule has 0 saturated carbocycles. The highest BCUT2D eigenvalue weighted by Crippen LogP contribution is 2.22. The first-order valence-corrected chi connectivity index (χ1v) is 12.3. The molecule has 6 nitrogen and oxygen atoms in total. The predicted molar refractivity (Wildman–Crippen MR) is 122 cm³/mol. The van der Waals surface area contributed by atoms with Crippen LogP contribution in [0.1, 0.15) is 117 Å². The van der Waals surface area contributed by atoms with Crippen molar-refractivity contribution < 1.29 is 14.4 Å². The van der Waals surface area contributed by atoms with E-state index in [9.17, 15) is 14.4 Å². The van der Waals surface area contributed by atoms with E-state index in [0.717, 1.165) is 12.8 Å². The van der Waals surface area contributed by atoms with Gasteiger partial charge in [0.15, 0.2) is 0 Å². The van der Waals surface area contributed by atoms with Gasteiger partial charge in [0.2, 0.25) is 17.7 Å². The summed E-state index contributed by atoms with van der Waals surface area (Å²) >= 11 is 0. The highest BCUT2D eigenvalue weighted by molar-refractivity contribution is 5.93. The van der Waals surface area contributed by atoms with Crippen LogP contribution in [0.15, 0.2) is 0 Å². The second-order valence-corrected chi connectivity index (χ2v) is 9.02. The Hall–Kier alpha value is -1.59. The summed E-state index contributed by atoms with van der Waals surface area (Å²) in [6.07, 6.45) is 17.5. The van der Waals surface area contributed by atoms with Gasteiger partial charge in [0.05, 0.1) is 0 Å². The van der Waals surface area contributed by atoms with E-state index in [1.807, 2.05) is 6.92 Å². The average molecular weight is 424 g/mol. The summed E-state index contributed by atoms with van der Waals surface area (Å²) in [6, 6.07) is -1.27. The van der Waals surface area contributed by atoms with Crippen LogP contribution in [0.5, 0.6) is 0 Å². The van der Waals surface area contributed by atoms with Crippen molar-refractivity contribution in [3.05, 3.63) is 0 Å². The van der Waals surface area contributed by atoms with E-state index in [2.05, 4.69) is 12.2 Å². The highest BCUT2D eigenvalue weighted by Gasteiger charge is 2.41. The number of nitrogens with two attached hydrogens (primary N) is 1. The number of amides is 3. The summed E-state index contributed by atoms with van der Waals surface area (Å²) in [4.78, 5) is 37.6. The number of nitrogens with one attached hydrogen (secondary N) is 1. The first kappa shape index (κ1) is 26.4. The lowest BCUT2D eigenvalue weighted by atomic mass is 10.0. The van der Waals surface area contributed by atoms with Crippen LogP contribution in [0.25, 0.3) is 0 Å². The Morgan fingerprint density at radius 3 is 1.90 bits per heavy atom. The van der Waals surface area contributed by atoms with Crippen molar-refractivity contribution >= 4 is 17.7 Å². The van der Waals surface area contributed by atoms with E-state index in [4.69, 9.17) is 5.73 Å². The zero-order valence-electron chi connectivity index (χ0n) is 19.6. The number of hydrogen-bond acceptors (Lipinski definition) is 3. The smallest absolute Gasteiger partial charge is 0.246 e. The van der Waals surface area contributed by atoms with Gasteiger partial charge in [-0.2, -0.15) is 0 Å². The van der Waals surface area contributed by atoms with Crippen LogP contribution >= 0.6 is 0 Å². The molecule has 0 bridgehead atoms. The van der Waals surface area contributed by atoms with Crippen molar-refractivity contribution in [1.82, 2.24) is 10.2 Å². The molecular formula is C24H45N3O3. The average Bonchev–Trinajstić information content (AvgIpc) is 2.97. The Labute approximate surface area is 183 Å². The van der Waals surface area contributed by atoms with Crippen molar-refractivity contribution in [3.8, 4) is 0 Å². The third-order valence-corrected chi connectivity index (χ3v) is 6.28. The van der Waals surface area contributed by atoms with Gasteiger partial charge in [0, 0.05) is 12.5 Å². The van der Waals surface area contributed by atoms with Gasteiger partial charge in [-0.15, -0.1) is 0 Å². The first-order chi connectivity index (χ1) is 14.4. The fourth-order valence-electron chi connectivity index (χ4n) is 4.35. The van der Waals surface area contributed by atoms with Crippen LogP contribution < -0.4 is 11.1 Å². The molecule has 0 aromatic carbocycles. The molecule has 0 aliphatic carbocycles. The lowest BCUT2D eigenvalue weighted by molar-refractivity contribution is -0.139. The molecule has 3 N–H and O–H groups in total. The maximum absolute atomic E-state index is 12.5. The third kappa shape index (κ3) is 9.94. The molecule has 1 rings (SSSR count). The van der Waals surface area contributed by atoms with E-state index in [0.29, 0.717) is 12.8 Å². The van der Waals surface area contributed by atoms with Gasteiger partial charge in [-0.1, -0.05) is 84.0 Å². The number of unbranched alkanes of at least 4 members (excludes halogenated alkanes) is 12. The van der Waals surface area contributed by atoms with Gasteiger partial charge in [0.1, 0.15) is 12.1 Å². The molecule has 1 saturated heterocycles. The minimum Gasteiger partial charge on any atom is -0.368 e. The number of carbonyl (C=O) groups is 3. The largest absolute Gasteiger partial charge is 0.368 e. The molecular weight excluding hydrogens is 378 g/mol. The second-order valence-electron chi connectivity index (χ2n) is 9.02. The van der Waals surface area contributed by atoms with Gasteiger partial charge in [-0.05, 0) is 26.7 Å². The second kappa shape index (κ2) is 15.2. The maximum Gasteiger partial charge on any atom is 0.246 e. The van der Waals surface area contributed by atoms with Crippen molar-refractivity contribution in [2.24, 2.45) is 5.73 Å². The van der Waals surface area contributed by atoms with Crippen LogP contribution in [-0.2, 0) is 14.4 Å². The molecule has 3 amide bonds. The fraction of sp³-hybridized carbons (Fsp3) is 0.875. The summed E-state index contributed by atoms with van der Waals surface area (Å²) < 4.78 is 0. The predicted octanol–water partition coefficient (Wildman–Crippen LogP) is 4.45. The Balaban J connectivity index is 2.04. The zero-order chi connectivity index (χ0) is 22.4. The lowest BCUT2D eigenvalue weighted by Gasteiger charge is -2.26. The Bertz CT molecular complexity index is 524. The molecule has 1 fully saturated rings. The summed E-state index contributed by atoms with van der Waals surface area (Å²) in [5, 5.41) is 2.84. The van der Waals surface area contributed by atoms with E-state index in [-0.39, 0.29) is 17.9 Å². The molecule has 1 aliphatic rings. The number of nitrogens with zero attached hydrogens (tertiary/aromatic N) is 1. The Morgan fingerprint density at radius 1 is 0.967 bits per heavy atom. The summed E-state index contributed by atoms with van der Waals surface area (Å²) in [5.41, 5.74) is 5.33. The van der Waals surface area contributed by atoms with Crippen molar-refractivity contribution in [3.63, 3.8) is 0 Å². The van der Waals surface area contributed by atoms with Crippen LogP contribution in [-0.4, -0.2) is 40.7 Å². The van der Waals surface area contributed by atoms with E-state index in [1.165, 1.54) is 75.5 Å². The van der Waals surface area contributed by atoms with E-state index in [1.54, 1.807) is 6.92 Å². The maximum atomic E-state index is 12.5. The normalized spacial score (nSPS) is 19.8. The van der Waals surface area contributed by atoms with Gasteiger partial charge in [-0.25, -0.2) is 0 Å². The highest BCUT2D eigenvalue weighted by atomic mass is 16.2. The molecule has 1 unspecified atom stereocenters. The van der Waals surface area contributed by atoms with E-state index < -0.39 is 18.0 Å². The van der Waals surface area contributed by atoms with Crippen LogP contribution in [0.2, 0.25) is 0 Å². The molecule has 0 spiro atoms. The molecule has 1 heterocycles. The molecule has 1 aliphatic heterocycles. The monoisotopic (exact) mass is 423 g/mol. The fourth-order valence-corrected chi connectivity index (χ4v) is 4.35. The van der Waals surface area contributed by atoms with Crippen LogP contribution in [0.4, 0.5) is 0 Å². The number of hydrogen-bond donors (Lipinski definition) is 2. The summed E-state index contributed by atoms with van der Waals surface area (Å²) in [5.74, 6) is -0.793. The SMILES string of the molecule is CCCCCCCCCCCCCCCC(=O)N[C@H]1CC(C)N([C@@H](C)C(N)=O)C1=O. The van der Waals surface area contributed by atoms with Gasteiger partial charge < -0.3 is 16.0 Å². The quantitative estimate of drug-likeness (QED) is 0.339. The third-order valence-electron chi connectivity index (χ3n) is 6.28. The topological polar surface area (TPSA) is 92.5 Å². The Kier molecular flexibility index (Phi) is 13.4. The number of likely N-dealkylation sites (tertiary alicyclic amines) is 1. The number of carbonyl (C=O) groups excluding carboxylic acids is 3. The molecule has 0 aromatic heterocycles. The van der Waals surface area contributed by atoms with Gasteiger partial charge >= 0.3 is 0 Å². The van der Waals surface area contributed by atoms with Gasteiger partial charge in [0.25, 0.3) is 0 Å².